The first-order chi connectivity index (χ1) is 10.7. The van der Waals surface area contributed by atoms with E-state index in [2.05, 4.69) is 4.98 Å². The van der Waals surface area contributed by atoms with Gasteiger partial charge in [0.1, 0.15) is 5.56 Å². The lowest BCUT2D eigenvalue weighted by Crippen LogP contribution is -2.33. The zero-order valence-electron chi connectivity index (χ0n) is 12.7. The number of halogens is 1. The van der Waals surface area contributed by atoms with E-state index < -0.39 is 0 Å². The van der Waals surface area contributed by atoms with Crippen molar-refractivity contribution in [3.8, 4) is 11.3 Å². The van der Waals surface area contributed by atoms with Crippen LogP contribution in [0, 0.1) is 5.92 Å². The van der Waals surface area contributed by atoms with Crippen LogP contribution in [0.25, 0.3) is 11.3 Å². The van der Waals surface area contributed by atoms with Gasteiger partial charge in [-0.05, 0) is 36.6 Å². The summed E-state index contributed by atoms with van der Waals surface area (Å²) in [5.74, 6) is 0.128. The molecule has 0 aliphatic carbocycles. The van der Waals surface area contributed by atoms with Crippen molar-refractivity contribution in [2.45, 2.75) is 6.42 Å². The van der Waals surface area contributed by atoms with Crippen molar-refractivity contribution in [2.24, 2.45) is 11.7 Å². The fraction of sp³-hybridized carbons (Fsp3) is 0.294. The van der Waals surface area contributed by atoms with E-state index in [1.54, 1.807) is 17.0 Å². The van der Waals surface area contributed by atoms with Gasteiger partial charge in [0.15, 0.2) is 0 Å². The Morgan fingerprint density at radius 1 is 1.22 bits per heavy atom. The van der Waals surface area contributed by atoms with Gasteiger partial charge in [0, 0.05) is 18.8 Å². The molecule has 3 rings (SSSR count). The molecule has 1 unspecified atom stereocenters. The number of pyridine rings is 1. The van der Waals surface area contributed by atoms with Gasteiger partial charge in [-0.3, -0.25) is 9.59 Å². The SMILES string of the molecule is Cl.NCC1CCN(C(=O)c2ccc(-c3ccccc3)[nH]c2=O)C1. The number of aromatic nitrogens is 1. The summed E-state index contributed by atoms with van der Waals surface area (Å²) in [6.07, 6.45) is 0.905. The summed E-state index contributed by atoms with van der Waals surface area (Å²) in [5, 5.41) is 0. The maximum absolute atomic E-state index is 12.4. The number of aromatic amines is 1. The minimum atomic E-state index is -0.345. The van der Waals surface area contributed by atoms with Crippen molar-refractivity contribution in [3.05, 3.63) is 58.4 Å². The van der Waals surface area contributed by atoms with Crippen molar-refractivity contribution in [1.29, 1.82) is 0 Å². The summed E-state index contributed by atoms with van der Waals surface area (Å²) in [7, 11) is 0. The molecule has 2 aromatic rings. The first-order valence-corrected chi connectivity index (χ1v) is 7.47. The van der Waals surface area contributed by atoms with E-state index in [0.29, 0.717) is 31.2 Å². The number of amides is 1. The highest BCUT2D eigenvalue weighted by Crippen LogP contribution is 2.18. The standard InChI is InChI=1S/C17H19N3O2.ClH/c18-10-12-8-9-20(11-12)17(22)14-6-7-15(19-16(14)21)13-4-2-1-3-5-13;/h1-7,12H,8-11,18H2,(H,19,21);1H. The second-order valence-corrected chi connectivity index (χ2v) is 5.62. The summed E-state index contributed by atoms with van der Waals surface area (Å²) < 4.78 is 0. The summed E-state index contributed by atoms with van der Waals surface area (Å²) >= 11 is 0. The lowest BCUT2D eigenvalue weighted by Gasteiger charge is -2.16. The molecule has 1 fully saturated rings. The second-order valence-electron chi connectivity index (χ2n) is 5.62. The number of H-pyrrole nitrogens is 1. The Labute approximate surface area is 140 Å². The molecule has 1 aromatic heterocycles. The molecule has 6 heteroatoms. The third-order valence-corrected chi connectivity index (χ3v) is 4.13. The quantitative estimate of drug-likeness (QED) is 0.900. The van der Waals surface area contributed by atoms with Gasteiger partial charge in [-0.25, -0.2) is 0 Å². The predicted octanol–water partition coefficient (Wildman–Crippen LogP) is 1.88. The summed E-state index contributed by atoms with van der Waals surface area (Å²) in [4.78, 5) is 29.2. The predicted molar refractivity (Wildman–Crippen MR) is 92.8 cm³/mol. The highest BCUT2D eigenvalue weighted by atomic mass is 35.5. The molecule has 0 radical (unpaired) electrons. The van der Waals surface area contributed by atoms with Gasteiger partial charge in [-0.1, -0.05) is 30.3 Å². The largest absolute Gasteiger partial charge is 0.338 e. The smallest absolute Gasteiger partial charge is 0.261 e. The average Bonchev–Trinajstić information content (AvgIpc) is 3.04. The van der Waals surface area contributed by atoms with Crippen molar-refractivity contribution >= 4 is 18.3 Å². The number of nitrogens with zero attached hydrogens (tertiary/aromatic N) is 1. The Hall–Kier alpha value is -2.11. The van der Waals surface area contributed by atoms with Gasteiger partial charge < -0.3 is 15.6 Å². The molecule has 3 N–H and O–H groups in total. The monoisotopic (exact) mass is 333 g/mol. The van der Waals surface area contributed by atoms with Gasteiger partial charge >= 0.3 is 0 Å². The van der Waals surface area contributed by atoms with Crippen LogP contribution in [0.5, 0.6) is 0 Å². The topological polar surface area (TPSA) is 79.2 Å². The Kier molecular flexibility index (Phi) is 5.58. The van der Waals surface area contributed by atoms with Gasteiger partial charge in [-0.2, -0.15) is 0 Å². The molecule has 5 nitrogen and oxygen atoms in total. The van der Waals surface area contributed by atoms with Crippen molar-refractivity contribution < 1.29 is 4.79 Å². The van der Waals surface area contributed by atoms with E-state index in [1.807, 2.05) is 30.3 Å². The normalized spacial score (nSPS) is 16.9. The number of carbonyl (C=O) groups excluding carboxylic acids is 1. The number of nitrogens with two attached hydrogens (primary N) is 1. The number of hydrogen-bond donors (Lipinski definition) is 2. The summed E-state index contributed by atoms with van der Waals surface area (Å²) in [6, 6.07) is 13.0. The van der Waals surface area contributed by atoms with Crippen LogP contribution in [0.2, 0.25) is 0 Å². The van der Waals surface area contributed by atoms with E-state index in [0.717, 1.165) is 12.0 Å². The van der Waals surface area contributed by atoms with Crippen molar-refractivity contribution in [1.82, 2.24) is 9.88 Å². The van der Waals surface area contributed by atoms with E-state index in [4.69, 9.17) is 5.73 Å². The van der Waals surface area contributed by atoms with Crippen LogP contribution < -0.4 is 11.3 Å². The number of carbonyl (C=O) groups is 1. The molecule has 0 spiro atoms. The lowest BCUT2D eigenvalue weighted by molar-refractivity contribution is 0.0786. The second kappa shape index (κ2) is 7.44. The molecule has 1 atom stereocenters. The molecule has 0 saturated carbocycles. The highest BCUT2D eigenvalue weighted by Gasteiger charge is 2.27. The van der Waals surface area contributed by atoms with Crippen LogP contribution in [-0.2, 0) is 0 Å². The van der Waals surface area contributed by atoms with Crippen LogP contribution in [0.1, 0.15) is 16.8 Å². The number of likely N-dealkylation sites (tertiary alicyclic amines) is 1. The van der Waals surface area contributed by atoms with E-state index in [9.17, 15) is 9.59 Å². The third-order valence-electron chi connectivity index (χ3n) is 4.13. The first-order valence-electron chi connectivity index (χ1n) is 7.47. The molecule has 1 aliphatic rings. The molecule has 1 aromatic carbocycles. The van der Waals surface area contributed by atoms with Crippen LogP contribution >= 0.6 is 12.4 Å². The number of nitrogens with one attached hydrogen (secondary N) is 1. The van der Waals surface area contributed by atoms with Crippen LogP contribution in [0.15, 0.2) is 47.3 Å². The van der Waals surface area contributed by atoms with E-state index in [1.165, 1.54) is 0 Å². The molecule has 1 saturated heterocycles. The Morgan fingerprint density at radius 2 is 1.96 bits per heavy atom. The van der Waals surface area contributed by atoms with Gasteiger partial charge in [0.05, 0.1) is 0 Å². The third kappa shape index (κ3) is 3.63. The molecule has 1 amide bonds. The summed E-state index contributed by atoms with van der Waals surface area (Å²) in [5.41, 5.74) is 7.12. The molecular formula is C17H20ClN3O2. The fourth-order valence-corrected chi connectivity index (χ4v) is 2.81. The molecule has 1 aliphatic heterocycles. The number of benzene rings is 1. The van der Waals surface area contributed by atoms with E-state index >= 15 is 0 Å². The number of rotatable bonds is 3. The fourth-order valence-electron chi connectivity index (χ4n) is 2.81. The van der Waals surface area contributed by atoms with Crippen LogP contribution in [0.4, 0.5) is 0 Å². The Balaban J connectivity index is 0.00000192. The minimum Gasteiger partial charge on any atom is -0.338 e. The first kappa shape index (κ1) is 17.2. The number of hydrogen-bond acceptors (Lipinski definition) is 3. The van der Waals surface area contributed by atoms with Gasteiger partial charge in [0.25, 0.3) is 11.5 Å². The zero-order valence-corrected chi connectivity index (χ0v) is 13.5. The summed E-state index contributed by atoms with van der Waals surface area (Å²) in [6.45, 7) is 1.88. The van der Waals surface area contributed by atoms with Crippen LogP contribution in [0.3, 0.4) is 0 Å². The molecule has 23 heavy (non-hydrogen) atoms. The van der Waals surface area contributed by atoms with Gasteiger partial charge in [0.2, 0.25) is 0 Å². The Morgan fingerprint density at radius 3 is 2.57 bits per heavy atom. The van der Waals surface area contributed by atoms with Crippen molar-refractivity contribution in [2.75, 3.05) is 19.6 Å². The molecule has 122 valence electrons. The van der Waals surface area contributed by atoms with Crippen LogP contribution in [-0.4, -0.2) is 35.4 Å². The lowest BCUT2D eigenvalue weighted by atomic mass is 10.1. The maximum atomic E-state index is 12.4. The Bertz CT molecular complexity index is 730. The molecule has 2 heterocycles. The zero-order chi connectivity index (χ0) is 15.5. The molecule has 0 bridgehead atoms. The molecular weight excluding hydrogens is 314 g/mol. The highest BCUT2D eigenvalue weighted by molar-refractivity contribution is 5.94. The van der Waals surface area contributed by atoms with Crippen molar-refractivity contribution in [3.63, 3.8) is 0 Å². The minimum absolute atomic E-state index is 0. The average molecular weight is 334 g/mol. The maximum Gasteiger partial charge on any atom is 0.261 e. The van der Waals surface area contributed by atoms with Gasteiger partial charge in [-0.15, -0.1) is 12.4 Å². The van der Waals surface area contributed by atoms with E-state index in [-0.39, 0.29) is 29.4 Å².